The van der Waals surface area contributed by atoms with Crippen LogP contribution in [0.4, 0.5) is 5.82 Å². The lowest BCUT2D eigenvalue weighted by atomic mass is 9.95. The molecule has 1 amide bonds. The molecule has 0 bridgehead atoms. The van der Waals surface area contributed by atoms with E-state index in [4.69, 9.17) is 15.7 Å². The number of nitrogens with one attached hydrogen (secondary N) is 1. The normalized spacial score (nSPS) is 15.2. The van der Waals surface area contributed by atoms with Crippen LogP contribution in [0.1, 0.15) is 53.4 Å². The number of hydrogen-bond acceptors (Lipinski definition) is 5. The average Bonchev–Trinajstić information content (AvgIpc) is 3.36. The fourth-order valence-electron chi connectivity index (χ4n) is 4.28. The quantitative estimate of drug-likeness (QED) is 0.517. The molecule has 1 aliphatic rings. The lowest BCUT2D eigenvalue weighted by Crippen LogP contribution is -2.24. The predicted octanol–water partition coefficient (Wildman–Crippen LogP) is 4.66. The molecule has 1 fully saturated rings. The average molecular weight is 406 g/mol. The summed E-state index contributed by atoms with van der Waals surface area (Å²) in [6.45, 7) is 0.479. The van der Waals surface area contributed by atoms with Crippen molar-refractivity contribution in [1.29, 1.82) is 0 Å². The minimum Gasteiger partial charge on any atom is -0.384 e. The van der Waals surface area contributed by atoms with Crippen molar-refractivity contribution in [2.24, 2.45) is 0 Å². The number of para-hydroxylation sites is 2. The van der Waals surface area contributed by atoms with Crippen LogP contribution in [0, 0.1) is 0 Å². The molecule has 1 saturated carbocycles. The molecule has 29 heavy (non-hydrogen) atoms. The van der Waals surface area contributed by atoms with Crippen molar-refractivity contribution in [3.05, 3.63) is 52.2 Å². The monoisotopic (exact) mass is 405 g/mol. The maximum absolute atomic E-state index is 13.1. The third-order valence-corrected chi connectivity index (χ3v) is 6.58. The Hall–Kier alpha value is -2.93. The van der Waals surface area contributed by atoms with Gasteiger partial charge in [-0.3, -0.25) is 4.79 Å². The van der Waals surface area contributed by atoms with Crippen LogP contribution in [0.2, 0.25) is 0 Å². The molecular formula is C22H23N5OS. The summed E-state index contributed by atoms with van der Waals surface area (Å²) >= 11 is 1.62. The standard InChI is InChI=1S/C22H23N5OS/c23-20-18(22(28)24-13-15-9-6-12-29-15)19-21(27(20)14-7-2-1-3-8-14)26-17-11-5-4-10-16(17)25-19/h4-6,9-12,14H,1-3,7-8,13,23H2,(H,24,28). The molecule has 0 radical (unpaired) electrons. The second-order valence-electron chi connectivity index (χ2n) is 7.57. The molecule has 5 rings (SSSR count). The summed E-state index contributed by atoms with van der Waals surface area (Å²) in [6.07, 6.45) is 5.70. The van der Waals surface area contributed by atoms with E-state index in [-0.39, 0.29) is 11.9 Å². The van der Waals surface area contributed by atoms with E-state index >= 15 is 0 Å². The second kappa shape index (κ2) is 7.48. The van der Waals surface area contributed by atoms with Crippen molar-refractivity contribution in [2.45, 2.75) is 44.7 Å². The van der Waals surface area contributed by atoms with Gasteiger partial charge in [0, 0.05) is 10.9 Å². The first kappa shape index (κ1) is 18.1. The zero-order chi connectivity index (χ0) is 19.8. The van der Waals surface area contributed by atoms with E-state index in [0.717, 1.165) is 34.4 Å². The minimum absolute atomic E-state index is 0.194. The Bertz CT molecular complexity index is 1180. The zero-order valence-electron chi connectivity index (χ0n) is 16.1. The highest BCUT2D eigenvalue weighted by molar-refractivity contribution is 7.09. The molecule has 0 saturated heterocycles. The van der Waals surface area contributed by atoms with Gasteiger partial charge in [0.1, 0.15) is 16.9 Å². The Balaban J connectivity index is 1.64. The van der Waals surface area contributed by atoms with Crippen molar-refractivity contribution >= 4 is 45.3 Å². The first-order valence-electron chi connectivity index (χ1n) is 10.1. The van der Waals surface area contributed by atoms with Gasteiger partial charge in [0.25, 0.3) is 5.91 Å². The molecule has 3 aromatic heterocycles. The van der Waals surface area contributed by atoms with E-state index in [9.17, 15) is 4.79 Å². The Labute approximate surface area is 172 Å². The number of nitrogens with zero attached hydrogens (tertiary/aromatic N) is 3. The molecule has 0 aliphatic heterocycles. The second-order valence-corrected chi connectivity index (χ2v) is 8.60. The molecule has 7 heteroatoms. The molecule has 3 N–H and O–H groups in total. The summed E-state index contributed by atoms with van der Waals surface area (Å²) in [5.41, 5.74) is 9.93. The lowest BCUT2D eigenvalue weighted by molar-refractivity contribution is 0.0953. The fraction of sp³-hybridized carbons (Fsp3) is 0.318. The molecular weight excluding hydrogens is 382 g/mol. The molecule has 3 heterocycles. The van der Waals surface area contributed by atoms with Crippen LogP contribution in [0.5, 0.6) is 0 Å². The number of benzene rings is 1. The molecule has 0 spiro atoms. The van der Waals surface area contributed by atoms with Crippen molar-refractivity contribution in [3.63, 3.8) is 0 Å². The summed E-state index contributed by atoms with van der Waals surface area (Å²) in [6, 6.07) is 12.0. The van der Waals surface area contributed by atoms with Crippen LogP contribution in [0.15, 0.2) is 41.8 Å². The smallest absolute Gasteiger partial charge is 0.257 e. The van der Waals surface area contributed by atoms with Crippen LogP contribution < -0.4 is 11.1 Å². The summed E-state index contributed by atoms with van der Waals surface area (Å²) in [7, 11) is 0. The van der Waals surface area contributed by atoms with Crippen molar-refractivity contribution in [2.75, 3.05) is 5.73 Å². The van der Waals surface area contributed by atoms with Gasteiger partial charge in [-0.25, -0.2) is 9.97 Å². The molecule has 4 aromatic rings. The van der Waals surface area contributed by atoms with Crippen molar-refractivity contribution in [3.8, 4) is 0 Å². The number of nitrogen functional groups attached to an aromatic ring is 1. The number of fused-ring (bicyclic) bond motifs is 2. The van der Waals surface area contributed by atoms with Crippen LogP contribution in [0.3, 0.4) is 0 Å². The summed E-state index contributed by atoms with van der Waals surface area (Å²) < 4.78 is 2.06. The van der Waals surface area contributed by atoms with Gasteiger partial charge in [0.05, 0.1) is 17.6 Å². The van der Waals surface area contributed by atoms with Gasteiger partial charge in [-0.1, -0.05) is 37.5 Å². The molecule has 1 aromatic carbocycles. The third kappa shape index (κ3) is 3.25. The number of carbonyl (C=O) groups is 1. The van der Waals surface area contributed by atoms with E-state index in [1.54, 1.807) is 11.3 Å². The predicted molar refractivity (Wildman–Crippen MR) is 117 cm³/mol. The highest BCUT2D eigenvalue weighted by atomic mass is 32.1. The number of anilines is 1. The molecule has 1 aliphatic carbocycles. The van der Waals surface area contributed by atoms with Crippen molar-refractivity contribution < 1.29 is 4.79 Å². The van der Waals surface area contributed by atoms with Gasteiger partial charge >= 0.3 is 0 Å². The van der Waals surface area contributed by atoms with Gasteiger partial charge in [0.2, 0.25) is 0 Å². The number of hydrogen-bond donors (Lipinski definition) is 2. The number of rotatable bonds is 4. The summed E-state index contributed by atoms with van der Waals surface area (Å²) in [4.78, 5) is 23.9. The van der Waals surface area contributed by atoms with Gasteiger partial charge in [-0.2, -0.15) is 0 Å². The lowest BCUT2D eigenvalue weighted by Gasteiger charge is -2.25. The number of aromatic nitrogens is 3. The molecule has 0 unspecified atom stereocenters. The Morgan fingerprint density at radius 1 is 1.10 bits per heavy atom. The first-order valence-corrected chi connectivity index (χ1v) is 11.0. The van der Waals surface area contributed by atoms with Gasteiger partial charge in [-0.15, -0.1) is 11.3 Å². The number of thiophene rings is 1. The van der Waals surface area contributed by atoms with Crippen LogP contribution in [0.25, 0.3) is 22.2 Å². The highest BCUT2D eigenvalue weighted by Crippen LogP contribution is 2.37. The number of carbonyl (C=O) groups excluding carboxylic acids is 1. The number of nitrogens with two attached hydrogens (primary N) is 1. The van der Waals surface area contributed by atoms with E-state index in [1.165, 1.54) is 19.3 Å². The van der Waals surface area contributed by atoms with E-state index in [2.05, 4.69) is 9.88 Å². The highest BCUT2D eigenvalue weighted by Gasteiger charge is 2.28. The molecule has 6 nitrogen and oxygen atoms in total. The van der Waals surface area contributed by atoms with Crippen molar-refractivity contribution in [1.82, 2.24) is 19.9 Å². The number of amides is 1. The Morgan fingerprint density at radius 2 is 1.86 bits per heavy atom. The maximum Gasteiger partial charge on any atom is 0.257 e. The van der Waals surface area contributed by atoms with Gasteiger partial charge < -0.3 is 15.6 Å². The largest absolute Gasteiger partial charge is 0.384 e. The Morgan fingerprint density at radius 3 is 2.59 bits per heavy atom. The molecule has 0 atom stereocenters. The fourth-order valence-corrected chi connectivity index (χ4v) is 4.93. The van der Waals surface area contributed by atoms with Gasteiger partial charge in [0.15, 0.2) is 5.65 Å². The third-order valence-electron chi connectivity index (χ3n) is 5.70. The first-order chi connectivity index (χ1) is 14.2. The maximum atomic E-state index is 13.1. The van der Waals surface area contributed by atoms with Crippen LogP contribution in [-0.4, -0.2) is 20.4 Å². The van der Waals surface area contributed by atoms with E-state index < -0.39 is 0 Å². The zero-order valence-corrected chi connectivity index (χ0v) is 16.9. The summed E-state index contributed by atoms with van der Waals surface area (Å²) in [5.74, 6) is 0.283. The van der Waals surface area contributed by atoms with Gasteiger partial charge in [-0.05, 0) is 36.4 Å². The van der Waals surface area contributed by atoms with E-state index in [0.29, 0.717) is 23.4 Å². The topological polar surface area (TPSA) is 85.8 Å². The SMILES string of the molecule is Nc1c(C(=O)NCc2cccs2)c2nc3ccccc3nc2n1C1CCCCC1. The van der Waals surface area contributed by atoms with Crippen LogP contribution in [-0.2, 0) is 6.54 Å². The Kier molecular flexibility index (Phi) is 4.67. The van der Waals surface area contributed by atoms with E-state index in [1.807, 2.05) is 41.8 Å². The summed E-state index contributed by atoms with van der Waals surface area (Å²) in [5, 5.41) is 5.01. The minimum atomic E-state index is -0.194. The molecule has 148 valence electrons. The van der Waals surface area contributed by atoms with Crippen LogP contribution >= 0.6 is 11.3 Å².